The molecule has 0 aliphatic heterocycles. The van der Waals surface area contributed by atoms with Gasteiger partial charge in [-0.25, -0.2) is 0 Å². The van der Waals surface area contributed by atoms with Gasteiger partial charge in [-0.15, -0.1) is 18.2 Å². The second kappa shape index (κ2) is 5.75. The highest BCUT2D eigenvalue weighted by Crippen LogP contribution is 2.03. The topological polar surface area (TPSA) is 12.0 Å². The number of hydrogen-bond acceptors (Lipinski definition) is 1. The largest absolute Gasteiger partial charge is 0.311 e. The van der Waals surface area contributed by atoms with E-state index in [4.69, 9.17) is 11.6 Å². The maximum absolute atomic E-state index is 5.66. The fraction of sp³-hybridized carbons (Fsp3) is 0.750. The van der Waals surface area contributed by atoms with Crippen LogP contribution in [0.2, 0.25) is 0 Å². The van der Waals surface area contributed by atoms with E-state index in [2.05, 4.69) is 25.7 Å². The highest BCUT2D eigenvalue weighted by Gasteiger charge is 2.07. The predicted octanol–water partition coefficient (Wildman–Crippen LogP) is 2.03. The van der Waals surface area contributed by atoms with Crippen LogP contribution in [0.15, 0.2) is 12.7 Å². The molecular formula is C8H16ClN. The Morgan fingerprint density at radius 3 is 2.60 bits per heavy atom. The lowest BCUT2D eigenvalue weighted by Crippen LogP contribution is -2.32. The Balaban J connectivity index is 3.40. The van der Waals surface area contributed by atoms with Crippen LogP contribution in [0.4, 0.5) is 0 Å². The summed E-state index contributed by atoms with van der Waals surface area (Å²) in [5, 5.41) is 3.28. The number of nitrogens with one attached hydrogen (secondary N) is 1. The third-order valence-electron chi connectivity index (χ3n) is 1.68. The Bertz CT molecular complexity index is 93.3. The third-order valence-corrected chi connectivity index (χ3v) is 2.17. The monoisotopic (exact) mass is 161 g/mol. The van der Waals surface area contributed by atoms with E-state index in [1.807, 2.05) is 6.08 Å². The molecule has 0 radical (unpaired) electrons. The van der Waals surface area contributed by atoms with Crippen molar-refractivity contribution in [2.45, 2.75) is 19.9 Å². The zero-order chi connectivity index (χ0) is 7.98. The van der Waals surface area contributed by atoms with Crippen LogP contribution in [0.1, 0.15) is 13.8 Å². The van der Waals surface area contributed by atoms with Crippen LogP contribution in [-0.4, -0.2) is 18.5 Å². The lowest BCUT2D eigenvalue weighted by Gasteiger charge is -2.17. The van der Waals surface area contributed by atoms with E-state index in [9.17, 15) is 0 Å². The molecule has 2 atom stereocenters. The molecule has 0 aromatic heterocycles. The number of halogens is 1. The van der Waals surface area contributed by atoms with Gasteiger partial charge in [-0.1, -0.05) is 13.0 Å². The molecule has 10 heavy (non-hydrogen) atoms. The van der Waals surface area contributed by atoms with Gasteiger partial charge in [-0.3, -0.25) is 0 Å². The molecule has 2 heteroatoms. The fourth-order valence-corrected chi connectivity index (χ4v) is 0.871. The maximum atomic E-state index is 5.66. The number of hydrogen-bond donors (Lipinski definition) is 1. The molecule has 0 saturated heterocycles. The molecule has 0 aliphatic carbocycles. The van der Waals surface area contributed by atoms with E-state index < -0.39 is 0 Å². The highest BCUT2D eigenvalue weighted by atomic mass is 35.5. The van der Waals surface area contributed by atoms with Crippen molar-refractivity contribution in [3.63, 3.8) is 0 Å². The molecule has 0 bridgehead atoms. The molecule has 0 aromatic carbocycles. The fourth-order valence-electron chi connectivity index (χ4n) is 0.604. The molecule has 0 rings (SSSR count). The average Bonchev–Trinajstić information content (AvgIpc) is 1.98. The molecule has 0 fully saturated rings. The molecule has 0 amide bonds. The molecular weight excluding hydrogens is 146 g/mol. The molecule has 1 N–H and O–H groups in total. The van der Waals surface area contributed by atoms with E-state index in [-0.39, 0.29) is 0 Å². The highest BCUT2D eigenvalue weighted by molar-refractivity contribution is 6.18. The first-order valence-corrected chi connectivity index (χ1v) is 4.16. The summed E-state index contributed by atoms with van der Waals surface area (Å²) >= 11 is 5.66. The van der Waals surface area contributed by atoms with Crippen molar-refractivity contribution in [1.29, 1.82) is 0 Å². The molecule has 0 aliphatic rings. The first-order valence-electron chi connectivity index (χ1n) is 3.62. The van der Waals surface area contributed by atoms with Crippen LogP contribution in [0.3, 0.4) is 0 Å². The van der Waals surface area contributed by atoms with Gasteiger partial charge in [0.1, 0.15) is 0 Å². The Hall–Kier alpha value is -0.0100. The predicted molar refractivity (Wildman–Crippen MR) is 47.5 cm³/mol. The van der Waals surface area contributed by atoms with Crippen LogP contribution in [0.5, 0.6) is 0 Å². The van der Waals surface area contributed by atoms with Crippen molar-refractivity contribution < 1.29 is 0 Å². The minimum Gasteiger partial charge on any atom is -0.311 e. The second-order valence-electron chi connectivity index (χ2n) is 2.62. The zero-order valence-electron chi connectivity index (χ0n) is 6.73. The maximum Gasteiger partial charge on any atom is 0.0263 e. The summed E-state index contributed by atoms with van der Waals surface area (Å²) < 4.78 is 0. The lowest BCUT2D eigenvalue weighted by molar-refractivity contribution is 0.449. The zero-order valence-corrected chi connectivity index (χ0v) is 7.49. The molecule has 2 unspecified atom stereocenters. The smallest absolute Gasteiger partial charge is 0.0263 e. The summed E-state index contributed by atoms with van der Waals surface area (Å²) in [6.45, 7) is 8.75. The van der Waals surface area contributed by atoms with Gasteiger partial charge in [0.25, 0.3) is 0 Å². The Morgan fingerprint density at radius 1 is 1.60 bits per heavy atom. The van der Waals surface area contributed by atoms with Crippen molar-refractivity contribution in [2.24, 2.45) is 5.92 Å². The van der Waals surface area contributed by atoms with Crippen LogP contribution in [0, 0.1) is 5.92 Å². The van der Waals surface area contributed by atoms with Crippen LogP contribution in [0.25, 0.3) is 0 Å². The summed E-state index contributed by atoms with van der Waals surface area (Å²) in [6.07, 6.45) is 1.86. The average molecular weight is 162 g/mol. The van der Waals surface area contributed by atoms with E-state index >= 15 is 0 Å². The third kappa shape index (κ3) is 3.91. The standard InChI is InChI=1S/C8H16ClN/c1-4-5-10-8(3)7(2)6-9/h4,7-8,10H,1,5-6H2,2-3H3. The van der Waals surface area contributed by atoms with Crippen molar-refractivity contribution in [1.82, 2.24) is 5.32 Å². The first-order chi connectivity index (χ1) is 4.72. The van der Waals surface area contributed by atoms with Gasteiger partial charge in [0.2, 0.25) is 0 Å². The summed E-state index contributed by atoms with van der Waals surface area (Å²) in [5.41, 5.74) is 0. The van der Waals surface area contributed by atoms with Gasteiger partial charge in [-0.05, 0) is 12.8 Å². The van der Waals surface area contributed by atoms with Gasteiger partial charge in [0, 0.05) is 18.5 Å². The molecule has 0 aromatic rings. The SMILES string of the molecule is C=CCNC(C)C(C)CCl. The van der Waals surface area contributed by atoms with Crippen LogP contribution in [-0.2, 0) is 0 Å². The van der Waals surface area contributed by atoms with Gasteiger partial charge in [-0.2, -0.15) is 0 Å². The molecule has 60 valence electrons. The first kappa shape index (κ1) is 9.99. The van der Waals surface area contributed by atoms with Crippen LogP contribution >= 0.6 is 11.6 Å². The summed E-state index contributed by atoms with van der Waals surface area (Å²) in [4.78, 5) is 0. The van der Waals surface area contributed by atoms with Crippen molar-refractivity contribution in [3.05, 3.63) is 12.7 Å². The van der Waals surface area contributed by atoms with E-state index in [1.165, 1.54) is 0 Å². The normalized spacial score (nSPS) is 16.3. The minimum absolute atomic E-state index is 0.482. The second-order valence-corrected chi connectivity index (χ2v) is 2.93. The van der Waals surface area contributed by atoms with Gasteiger partial charge < -0.3 is 5.32 Å². The van der Waals surface area contributed by atoms with Gasteiger partial charge in [0.05, 0.1) is 0 Å². The molecule has 0 spiro atoms. The molecule has 0 saturated carbocycles. The Kier molecular flexibility index (Phi) is 5.74. The van der Waals surface area contributed by atoms with Crippen LogP contribution < -0.4 is 5.32 Å². The minimum atomic E-state index is 0.482. The Morgan fingerprint density at radius 2 is 2.20 bits per heavy atom. The Labute approximate surface area is 68.5 Å². The van der Waals surface area contributed by atoms with Gasteiger partial charge >= 0.3 is 0 Å². The molecule has 0 heterocycles. The van der Waals surface area contributed by atoms with Gasteiger partial charge in [0.15, 0.2) is 0 Å². The van der Waals surface area contributed by atoms with E-state index in [0.717, 1.165) is 6.54 Å². The summed E-state index contributed by atoms with van der Waals surface area (Å²) in [6, 6.07) is 0.482. The van der Waals surface area contributed by atoms with E-state index in [1.54, 1.807) is 0 Å². The summed E-state index contributed by atoms with van der Waals surface area (Å²) in [7, 11) is 0. The van der Waals surface area contributed by atoms with Crippen molar-refractivity contribution in [3.8, 4) is 0 Å². The summed E-state index contributed by atoms with van der Waals surface area (Å²) in [5.74, 6) is 1.24. The van der Waals surface area contributed by atoms with Crippen molar-refractivity contribution >= 4 is 11.6 Å². The molecule has 1 nitrogen and oxygen atoms in total. The van der Waals surface area contributed by atoms with E-state index in [0.29, 0.717) is 17.8 Å². The van der Waals surface area contributed by atoms with Crippen molar-refractivity contribution in [2.75, 3.05) is 12.4 Å². The number of rotatable bonds is 5. The quantitative estimate of drug-likeness (QED) is 0.481. The lowest BCUT2D eigenvalue weighted by atomic mass is 10.1. The number of alkyl halides is 1.